The average Bonchev–Trinajstić information content (AvgIpc) is 3.60. The van der Waals surface area contributed by atoms with E-state index < -0.39 is 79.2 Å². The Hall–Kier alpha value is -5.24. The number of rotatable bonds is 7. The summed E-state index contributed by atoms with van der Waals surface area (Å²) in [6, 6.07) is 15.0. The number of benzene rings is 3. The maximum atomic E-state index is 14.3. The highest BCUT2D eigenvalue weighted by molar-refractivity contribution is 6.66. The van der Waals surface area contributed by atoms with Crippen LogP contribution in [-0.4, -0.2) is 130 Å². The van der Waals surface area contributed by atoms with E-state index in [4.69, 9.17) is 24.4 Å². The van der Waals surface area contributed by atoms with Crippen LogP contribution in [0.4, 0.5) is 5.69 Å². The van der Waals surface area contributed by atoms with Crippen molar-refractivity contribution in [3.8, 4) is 11.5 Å². The third-order valence-corrected chi connectivity index (χ3v) is 10.6. The first kappa shape index (κ1) is 36.7. The molecular formula is C38H37N5O12. The van der Waals surface area contributed by atoms with E-state index in [9.17, 15) is 40.2 Å². The van der Waals surface area contributed by atoms with Crippen LogP contribution in [0.15, 0.2) is 69.6 Å². The number of aliphatic hydroxyl groups excluding tert-OH is 4. The molecule has 55 heavy (non-hydrogen) atoms. The molecule has 2 bridgehead atoms. The number of ether oxygens (including phenoxy) is 4. The lowest BCUT2D eigenvalue weighted by atomic mass is 9.79. The van der Waals surface area contributed by atoms with Gasteiger partial charge in [-0.3, -0.25) is 15.0 Å². The molecule has 1 unspecified atom stereocenters. The van der Waals surface area contributed by atoms with E-state index in [-0.39, 0.29) is 83.8 Å². The number of hydrogen-bond acceptors (Lipinski definition) is 14. The summed E-state index contributed by atoms with van der Waals surface area (Å²) in [6.07, 6.45) is -6.88. The number of guanidine groups is 1. The molecule has 0 saturated carbocycles. The number of nitrogens with one attached hydrogen (secondary N) is 2. The molecule has 0 spiro atoms. The normalized spacial score (nSPS) is 28.7. The number of carbonyl (C=O) groups excluding carboxylic acids is 2. The van der Waals surface area contributed by atoms with Gasteiger partial charge in [0.1, 0.15) is 30.6 Å². The number of nitrogens with zero attached hydrogens (tertiary/aromatic N) is 3. The van der Waals surface area contributed by atoms with Gasteiger partial charge < -0.3 is 49.6 Å². The Morgan fingerprint density at radius 1 is 0.982 bits per heavy atom. The topological polar surface area (TPSA) is 261 Å². The summed E-state index contributed by atoms with van der Waals surface area (Å²) in [5.41, 5.74) is -0.813. The molecule has 3 aromatic carbocycles. The molecule has 0 radical (unpaired) electrons. The molecule has 1 fully saturated rings. The zero-order chi connectivity index (χ0) is 38.6. The standard InChI is InChI=1S/C38H37N5O12/c39-37-41-34-27(35(50)42-37)40-17-43(34)24-8-4-3-5-19(24)18-9-13-52-16-25-30(48)33(49)38(51,10-11-44)36(54-25)55-31-22(18)15-23-26(32(31)53-14-12-45)29(47)21-7-2-1-6-20(21)28(23)46/h1-8,15,18,25,30,33,36,44-45,48-49,51H,9-14,16-17H2,(H2,39,42,50)/t18-,25-,30+,33-,36-,38+/m1/s1. The number of para-hydroxylation sites is 1. The summed E-state index contributed by atoms with van der Waals surface area (Å²) >= 11 is 0. The van der Waals surface area contributed by atoms with Gasteiger partial charge in [0.25, 0.3) is 5.84 Å². The summed E-state index contributed by atoms with van der Waals surface area (Å²) < 4.78 is 24.8. The minimum Gasteiger partial charge on any atom is -0.857 e. The summed E-state index contributed by atoms with van der Waals surface area (Å²) in [6.45, 7) is -1.66. The van der Waals surface area contributed by atoms with Gasteiger partial charge >= 0.3 is 0 Å². The highest BCUT2D eigenvalue weighted by Crippen LogP contribution is 2.49. The fourth-order valence-corrected chi connectivity index (χ4v) is 7.89. The second-order valence-corrected chi connectivity index (χ2v) is 13.7. The molecule has 286 valence electrons. The number of amidine groups is 1. The van der Waals surface area contributed by atoms with Crippen LogP contribution in [0.1, 0.15) is 61.7 Å². The molecule has 8 rings (SSSR count). The van der Waals surface area contributed by atoms with Crippen molar-refractivity contribution in [3.05, 3.63) is 88.0 Å². The summed E-state index contributed by atoms with van der Waals surface area (Å²) in [4.78, 5) is 41.4. The minimum atomic E-state index is -2.41. The average molecular weight is 756 g/mol. The maximum Gasteiger partial charge on any atom is 0.262 e. The molecule has 5 aliphatic rings. The van der Waals surface area contributed by atoms with Crippen molar-refractivity contribution >= 4 is 40.7 Å². The molecule has 7 N–H and O–H groups in total. The molecule has 4 aliphatic heterocycles. The Labute approximate surface area is 312 Å². The molecule has 7 atom stereocenters. The molecule has 4 heterocycles. The largest absolute Gasteiger partial charge is 0.857 e. The van der Waals surface area contributed by atoms with Crippen LogP contribution in [0.2, 0.25) is 0 Å². The van der Waals surface area contributed by atoms with Gasteiger partial charge in [0, 0.05) is 59.3 Å². The molecule has 0 amide bonds. The number of aliphatic imine (C=N–C) groups is 3. The van der Waals surface area contributed by atoms with Crippen molar-refractivity contribution in [2.75, 3.05) is 39.7 Å². The van der Waals surface area contributed by atoms with E-state index in [0.717, 1.165) is 0 Å². The molecule has 0 aromatic heterocycles. The Morgan fingerprint density at radius 3 is 2.49 bits per heavy atom. The SMILES string of the molecule is N=C1N=C([O-])C2=NC[NH+](c3ccccc3[C@H]3CCOC[C@H]4O[C@H](Oc5c3cc3c(c5OCCO)C(=O)c5ccccc5C3=O)[C@](O)(CCO)[C@H](O)[C@H]4O)C2=N1. The Balaban J connectivity index is 1.38. The minimum absolute atomic E-state index is 0.0165. The van der Waals surface area contributed by atoms with Crippen molar-refractivity contribution in [1.29, 1.82) is 5.41 Å². The third kappa shape index (κ3) is 6.05. The second kappa shape index (κ2) is 14.4. The number of ketones is 2. The van der Waals surface area contributed by atoms with E-state index in [1.54, 1.807) is 36.4 Å². The summed E-state index contributed by atoms with van der Waals surface area (Å²) in [5.74, 6) is -3.17. The first-order valence-electron chi connectivity index (χ1n) is 17.7. The number of carbonyl (C=O) groups is 2. The van der Waals surface area contributed by atoms with Gasteiger partial charge in [0.05, 0.1) is 18.8 Å². The number of fused-ring (bicyclic) bond motifs is 6. The Bertz CT molecular complexity index is 2190. The number of aliphatic hydroxyl groups is 5. The molecule has 3 aromatic rings. The van der Waals surface area contributed by atoms with Crippen molar-refractivity contribution in [1.82, 2.24) is 0 Å². The van der Waals surface area contributed by atoms with Crippen molar-refractivity contribution < 1.29 is 64.1 Å². The lowest BCUT2D eigenvalue weighted by Gasteiger charge is -2.47. The first-order chi connectivity index (χ1) is 26.6. The number of hydrogen-bond donors (Lipinski definition) is 7. The summed E-state index contributed by atoms with van der Waals surface area (Å²) in [7, 11) is 0. The Kier molecular flexibility index (Phi) is 9.64. The predicted molar refractivity (Wildman–Crippen MR) is 190 cm³/mol. The van der Waals surface area contributed by atoms with Gasteiger partial charge in [-0.25, -0.2) is 14.9 Å². The van der Waals surface area contributed by atoms with Gasteiger partial charge in [-0.1, -0.05) is 42.5 Å². The monoisotopic (exact) mass is 755 g/mol. The zero-order valence-electron chi connectivity index (χ0n) is 29.2. The van der Waals surface area contributed by atoms with Crippen molar-refractivity contribution in [3.63, 3.8) is 0 Å². The molecule has 17 heteroatoms. The van der Waals surface area contributed by atoms with Crippen molar-refractivity contribution in [2.45, 2.75) is 49.0 Å². The molecule has 17 nitrogen and oxygen atoms in total. The van der Waals surface area contributed by atoms with E-state index >= 15 is 0 Å². The van der Waals surface area contributed by atoms with E-state index in [0.29, 0.717) is 16.2 Å². The van der Waals surface area contributed by atoms with E-state index in [2.05, 4.69) is 15.0 Å². The smallest absolute Gasteiger partial charge is 0.262 e. The summed E-state index contributed by atoms with van der Waals surface area (Å²) in [5, 5.41) is 74.9. The van der Waals surface area contributed by atoms with Crippen LogP contribution in [0.5, 0.6) is 11.5 Å². The quantitative estimate of drug-likeness (QED) is 0.112. The molecule has 1 saturated heterocycles. The van der Waals surface area contributed by atoms with Gasteiger partial charge in [-0.15, -0.1) is 0 Å². The lowest BCUT2D eigenvalue weighted by molar-refractivity contribution is -0.723. The van der Waals surface area contributed by atoms with Gasteiger partial charge in [-0.2, -0.15) is 4.99 Å². The van der Waals surface area contributed by atoms with Crippen LogP contribution >= 0.6 is 0 Å². The zero-order valence-corrected chi connectivity index (χ0v) is 29.2. The van der Waals surface area contributed by atoms with Crippen molar-refractivity contribution in [2.24, 2.45) is 15.0 Å². The van der Waals surface area contributed by atoms with E-state index in [1.807, 2.05) is 6.07 Å². The van der Waals surface area contributed by atoms with Crippen LogP contribution in [-0.2, 0) is 9.47 Å². The highest BCUT2D eigenvalue weighted by Gasteiger charge is 2.57. The van der Waals surface area contributed by atoms with Gasteiger partial charge in [0.15, 0.2) is 41.0 Å². The van der Waals surface area contributed by atoms with E-state index in [1.165, 1.54) is 12.1 Å². The fourth-order valence-electron chi connectivity index (χ4n) is 7.89. The Morgan fingerprint density at radius 2 is 1.73 bits per heavy atom. The fraction of sp³-hybridized carbons (Fsp3) is 0.368. The van der Waals surface area contributed by atoms with Crippen LogP contribution in [0.25, 0.3) is 0 Å². The van der Waals surface area contributed by atoms with Crippen LogP contribution in [0.3, 0.4) is 0 Å². The lowest BCUT2D eigenvalue weighted by Crippen LogP contribution is -3.09. The van der Waals surface area contributed by atoms with Crippen LogP contribution in [0, 0.1) is 5.41 Å². The molecular weight excluding hydrogens is 718 g/mol. The third-order valence-electron chi connectivity index (χ3n) is 10.6. The molecule has 1 aliphatic carbocycles. The van der Waals surface area contributed by atoms with Crippen LogP contribution < -0.4 is 19.5 Å². The maximum absolute atomic E-state index is 14.3. The second-order valence-electron chi connectivity index (χ2n) is 13.7. The van der Waals surface area contributed by atoms with Gasteiger partial charge in [-0.05, 0) is 18.6 Å². The highest BCUT2D eigenvalue weighted by atomic mass is 16.7. The predicted octanol–water partition coefficient (Wildman–Crippen LogP) is -1.64. The number of quaternary nitrogens is 1. The van der Waals surface area contributed by atoms with Gasteiger partial charge in [0.2, 0.25) is 12.2 Å². The first-order valence-corrected chi connectivity index (χ1v) is 17.7.